The van der Waals surface area contributed by atoms with E-state index in [2.05, 4.69) is 22.5 Å². The van der Waals surface area contributed by atoms with Crippen molar-refractivity contribution >= 4 is 6.03 Å². The van der Waals surface area contributed by atoms with E-state index in [1.54, 1.807) is 0 Å². The summed E-state index contributed by atoms with van der Waals surface area (Å²) in [5.41, 5.74) is 1.14. The number of hydrogen-bond donors (Lipinski definition) is 2. The molecule has 0 fully saturated rings. The maximum absolute atomic E-state index is 11.5. The lowest BCUT2D eigenvalue weighted by atomic mass is 10.1. The number of aryl methyl sites for hydroxylation is 1. The lowest BCUT2D eigenvalue weighted by molar-refractivity contribution is 0.223. The summed E-state index contributed by atoms with van der Waals surface area (Å²) in [6.07, 6.45) is 1.84. The summed E-state index contributed by atoms with van der Waals surface area (Å²) < 4.78 is 5.56. The summed E-state index contributed by atoms with van der Waals surface area (Å²) >= 11 is 0. The number of nitrogens with zero attached hydrogens (tertiary/aromatic N) is 1. The van der Waals surface area contributed by atoms with Crippen molar-refractivity contribution < 1.29 is 9.53 Å². The molecule has 112 valence electrons. The molecule has 0 saturated carbocycles. The molecule has 0 unspecified atom stereocenters. The van der Waals surface area contributed by atoms with Gasteiger partial charge in [0, 0.05) is 6.54 Å². The number of carbonyl (C=O) groups is 1. The van der Waals surface area contributed by atoms with Gasteiger partial charge in [-0.3, -0.25) is 0 Å². The van der Waals surface area contributed by atoms with E-state index >= 15 is 0 Å². The SMILES string of the molecule is CCc1ccccc1OCNC(=O)NCCCN(C)C. The summed E-state index contributed by atoms with van der Waals surface area (Å²) in [7, 11) is 4.03. The standard InChI is InChI=1S/C15H25N3O2/c1-4-13-8-5-6-9-14(13)20-12-17-15(19)16-10-7-11-18(2)3/h5-6,8-9H,4,7,10-12H2,1-3H3,(H2,16,17,19). The zero-order valence-electron chi connectivity index (χ0n) is 12.6. The fourth-order valence-electron chi connectivity index (χ4n) is 1.78. The average Bonchev–Trinajstić information content (AvgIpc) is 2.44. The first-order chi connectivity index (χ1) is 9.63. The second-order valence-electron chi connectivity index (χ2n) is 4.84. The van der Waals surface area contributed by atoms with Crippen molar-refractivity contribution in [1.29, 1.82) is 0 Å². The molecule has 0 aliphatic heterocycles. The predicted molar refractivity (Wildman–Crippen MR) is 81.0 cm³/mol. The molecule has 5 nitrogen and oxygen atoms in total. The Kier molecular flexibility index (Phi) is 7.50. The number of benzene rings is 1. The molecule has 0 aliphatic rings. The van der Waals surface area contributed by atoms with Crippen LogP contribution in [0.15, 0.2) is 24.3 Å². The normalized spacial score (nSPS) is 10.4. The lowest BCUT2D eigenvalue weighted by Gasteiger charge is -2.12. The predicted octanol–water partition coefficient (Wildman–Crippen LogP) is 1.84. The maximum Gasteiger partial charge on any atom is 0.317 e. The molecule has 2 N–H and O–H groups in total. The Bertz CT molecular complexity index is 408. The van der Waals surface area contributed by atoms with Crippen LogP contribution in [0.3, 0.4) is 0 Å². The molecule has 1 rings (SSSR count). The highest BCUT2D eigenvalue weighted by Gasteiger charge is 2.02. The molecule has 0 radical (unpaired) electrons. The molecule has 0 spiro atoms. The summed E-state index contributed by atoms with van der Waals surface area (Å²) in [4.78, 5) is 13.6. The molecule has 0 saturated heterocycles. The van der Waals surface area contributed by atoms with Crippen LogP contribution in [0.4, 0.5) is 4.79 Å². The summed E-state index contributed by atoms with van der Waals surface area (Å²) in [5.74, 6) is 0.822. The van der Waals surface area contributed by atoms with Crippen molar-refractivity contribution in [1.82, 2.24) is 15.5 Å². The van der Waals surface area contributed by atoms with Gasteiger partial charge in [0.2, 0.25) is 0 Å². The minimum atomic E-state index is -0.197. The van der Waals surface area contributed by atoms with Gasteiger partial charge in [0.05, 0.1) is 0 Å². The maximum atomic E-state index is 11.5. The van der Waals surface area contributed by atoms with Gasteiger partial charge in [-0.25, -0.2) is 4.79 Å². The summed E-state index contributed by atoms with van der Waals surface area (Å²) in [5, 5.41) is 5.48. The number of ether oxygens (including phenoxy) is 1. The number of carbonyl (C=O) groups excluding carboxylic acids is 1. The van der Waals surface area contributed by atoms with Crippen LogP contribution in [-0.2, 0) is 6.42 Å². The van der Waals surface area contributed by atoms with Crippen LogP contribution in [0.2, 0.25) is 0 Å². The van der Waals surface area contributed by atoms with E-state index in [-0.39, 0.29) is 12.8 Å². The zero-order valence-corrected chi connectivity index (χ0v) is 12.6. The monoisotopic (exact) mass is 279 g/mol. The second kappa shape index (κ2) is 9.20. The van der Waals surface area contributed by atoms with E-state index in [0.29, 0.717) is 6.54 Å². The Morgan fingerprint density at radius 3 is 2.70 bits per heavy atom. The Labute approximate surface area is 121 Å². The fourth-order valence-corrected chi connectivity index (χ4v) is 1.78. The van der Waals surface area contributed by atoms with Gasteiger partial charge in [0.25, 0.3) is 0 Å². The molecule has 20 heavy (non-hydrogen) atoms. The van der Waals surface area contributed by atoms with Crippen molar-refractivity contribution in [3.05, 3.63) is 29.8 Å². The highest BCUT2D eigenvalue weighted by Crippen LogP contribution is 2.17. The Balaban J connectivity index is 2.18. The van der Waals surface area contributed by atoms with Gasteiger partial charge < -0.3 is 20.3 Å². The Hall–Kier alpha value is -1.75. The first-order valence-corrected chi connectivity index (χ1v) is 7.00. The van der Waals surface area contributed by atoms with Crippen molar-refractivity contribution in [3.8, 4) is 5.75 Å². The van der Waals surface area contributed by atoms with Crippen LogP contribution in [-0.4, -0.2) is 44.8 Å². The number of hydrogen-bond acceptors (Lipinski definition) is 3. The number of rotatable bonds is 8. The highest BCUT2D eigenvalue weighted by atomic mass is 16.5. The van der Waals surface area contributed by atoms with Crippen molar-refractivity contribution in [3.63, 3.8) is 0 Å². The molecule has 5 heteroatoms. The van der Waals surface area contributed by atoms with Crippen LogP contribution >= 0.6 is 0 Å². The number of nitrogens with one attached hydrogen (secondary N) is 2. The smallest absolute Gasteiger partial charge is 0.317 e. The first kappa shape index (κ1) is 16.3. The molecular weight excluding hydrogens is 254 g/mol. The minimum Gasteiger partial charge on any atom is -0.473 e. The molecule has 0 atom stereocenters. The average molecular weight is 279 g/mol. The van der Waals surface area contributed by atoms with Gasteiger partial charge in [0.15, 0.2) is 6.73 Å². The number of para-hydroxylation sites is 1. The molecular formula is C15H25N3O2. The van der Waals surface area contributed by atoms with E-state index in [1.807, 2.05) is 38.4 Å². The minimum absolute atomic E-state index is 0.177. The summed E-state index contributed by atoms with van der Waals surface area (Å²) in [6, 6.07) is 7.65. The largest absolute Gasteiger partial charge is 0.473 e. The number of amides is 2. The molecule has 0 heterocycles. The van der Waals surface area contributed by atoms with Gasteiger partial charge in [-0.1, -0.05) is 25.1 Å². The van der Waals surface area contributed by atoms with Crippen molar-refractivity contribution in [2.24, 2.45) is 0 Å². The van der Waals surface area contributed by atoms with Crippen molar-refractivity contribution in [2.75, 3.05) is 33.9 Å². The number of urea groups is 1. The van der Waals surface area contributed by atoms with Crippen LogP contribution in [0.5, 0.6) is 5.75 Å². The van der Waals surface area contributed by atoms with E-state index in [4.69, 9.17) is 4.74 Å². The highest BCUT2D eigenvalue weighted by molar-refractivity contribution is 5.73. The molecule has 1 aromatic carbocycles. The van der Waals surface area contributed by atoms with Gasteiger partial charge in [0.1, 0.15) is 5.75 Å². The van der Waals surface area contributed by atoms with E-state index < -0.39 is 0 Å². The van der Waals surface area contributed by atoms with Gasteiger partial charge in [-0.05, 0) is 45.1 Å². The van der Waals surface area contributed by atoms with E-state index in [1.165, 1.54) is 0 Å². The van der Waals surface area contributed by atoms with E-state index in [0.717, 1.165) is 30.7 Å². The fraction of sp³-hybridized carbons (Fsp3) is 0.533. The quantitative estimate of drug-likeness (QED) is 0.564. The molecule has 2 amide bonds. The topological polar surface area (TPSA) is 53.6 Å². The second-order valence-corrected chi connectivity index (χ2v) is 4.84. The Morgan fingerprint density at radius 2 is 2.00 bits per heavy atom. The van der Waals surface area contributed by atoms with E-state index in [9.17, 15) is 4.79 Å². The van der Waals surface area contributed by atoms with Crippen LogP contribution in [0.25, 0.3) is 0 Å². The van der Waals surface area contributed by atoms with Crippen LogP contribution in [0, 0.1) is 0 Å². The van der Waals surface area contributed by atoms with Gasteiger partial charge >= 0.3 is 6.03 Å². The zero-order chi connectivity index (χ0) is 14.8. The third kappa shape index (κ3) is 6.43. The lowest BCUT2D eigenvalue weighted by Crippen LogP contribution is -2.38. The third-order valence-electron chi connectivity index (χ3n) is 2.88. The van der Waals surface area contributed by atoms with Gasteiger partial charge in [-0.2, -0.15) is 0 Å². The van der Waals surface area contributed by atoms with Crippen LogP contribution < -0.4 is 15.4 Å². The van der Waals surface area contributed by atoms with Gasteiger partial charge in [-0.15, -0.1) is 0 Å². The van der Waals surface area contributed by atoms with Crippen molar-refractivity contribution in [2.45, 2.75) is 19.8 Å². The molecule has 0 aromatic heterocycles. The summed E-state index contributed by atoms with van der Waals surface area (Å²) in [6.45, 7) is 3.87. The third-order valence-corrected chi connectivity index (χ3v) is 2.88. The molecule has 0 aliphatic carbocycles. The molecule has 1 aromatic rings. The molecule has 0 bridgehead atoms. The van der Waals surface area contributed by atoms with Crippen LogP contribution in [0.1, 0.15) is 18.9 Å². The first-order valence-electron chi connectivity index (χ1n) is 7.00. The Morgan fingerprint density at radius 1 is 1.25 bits per heavy atom.